The van der Waals surface area contributed by atoms with Crippen molar-refractivity contribution in [1.29, 1.82) is 0 Å². The molecular weight excluding hydrogens is 258 g/mol. The van der Waals surface area contributed by atoms with E-state index in [2.05, 4.69) is 10.4 Å². The first-order chi connectivity index (χ1) is 9.50. The van der Waals surface area contributed by atoms with Crippen molar-refractivity contribution in [3.8, 4) is 0 Å². The third kappa shape index (κ3) is 2.69. The van der Waals surface area contributed by atoms with E-state index in [1.807, 2.05) is 0 Å². The van der Waals surface area contributed by atoms with Crippen LogP contribution in [-0.2, 0) is 11.8 Å². The molecule has 0 aliphatic rings. The smallest absolute Gasteiger partial charge is 0.330 e. The maximum absolute atomic E-state index is 12.1. The van der Waals surface area contributed by atoms with Crippen LogP contribution in [0.25, 0.3) is 0 Å². The zero-order chi connectivity index (χ0) is 14.7. The second-order valence-electron chi connectivity index (χ2n) is 4.42. The second-order valence-corrected chi connectivity index (χ2v) is 4.42. The van der Waals surface area contributed by atoms with Crippen molar-refractivity contribution >= 4 is 11.9 Å². The van der Waals surface area contributed by atoms with Gasteiger partial charge in [0.25, 0.3) is 5.91 Å². The molecule has 20 heavy (non-hydrogen) atoms. The number of nitrogens with one attached hydrogen (secondary N) is 1. The van der Waals surface area contributed by atoms with Gasteiger partial charge in [0, 0.05) is 12.7 Å². The highest BCUT2D eigenvalue weighted by atomic mass is 16.4. The van der Waals surface area contributed by atoms with E-state index in [-0.39, 0.29) is 0 Å². The summed E-state index contributed by atoms with van der Waals surface area (Å²) >= 11 is 0. The first-order valence-electron chi connectivity index (χ1n) is 6.08. The molecule has 1 heterocycles. The zero-order valence-electron chi connectivity index (χ0n) is 11.2. The molecule has 0 bridgehead atoms. The Hall–Kier alpha value is -2.63. The molecule has 1 unspecified atom stereocenters. The Morgan fingerprint density at radius 3 is 2.45 bits per heavy atom. The third-order valence-corrected chi connectivity index (χ3v) is 3.14. The van der Waals surface area contributed by atoms with Crippen molar-refractivity contribution in [2.45, 2.75) is 13.0 Å². The van der Waals surface area contributed by atoms with Gasteiger partial charge in [0.15, 0.2) is 6.04 Å². The van der Waals surface area contributed by atoms with Crippen molar-refractivity contribution in [1.82, 2.24) is 15.1 Å². The average Bonchev–Trinajstić information content (AvgIpc) is 2.77. The predicted octanol–water partition coefficient (Wildman–Crippen LogP) is 1.28. The number of aliphatic carboxylic acids is 1. The van der Waals surface area contributed by atoms with Crippen LogP contribution in [-0.4, -0.2) is 26.8 Å². The van der Waals surface area contributed by atoms with Crippen LogP contribution in [0.4, 0.5) is 0 Å². The Bertz CT molecular complexity index is 634. The Labute approximate surface area is 116 Å². The summed E-state index contributed by atoms with van der Waals surface area (Å²) in [7, 11) is 1.72. The summed E-state index contributed by atoms with van der Waals surface area (Å²) in [6.07, 6.45) is 1.43. The quantitative estimate of drug-likeness (QED) is 0.879. The number of hydrogen-bond donors (Lipinski definition) is 2. The molecule has 6 heteroatoms. The average molecular weight is 273 g/mol. The molecule has 0 saturated carbocycles. The van der Waals surface area contributed by atoms with E-state index in [4.69, 9.17) is 0 Å². The number of nitrogens with zero attached hydrogens (tertiary/aromatic N) is 2. The first kappa shape index (κ1) is 13.8. The highest BCUT2D eigenvalue weighted by molar-refractivity contribution is 5.97. The van der Waals surface area contributed by atoms with Gasteiger partial charge in [-0.3, -0.25) is 9.48 Å². The van der Waals surface area contributed by atoms with Crippen LogP contribution < -0.4 is 5.32 Å². The molecular formula is C14H15N3O3. The summed E-state index contributed by atoms with van der Waals surface area (Å²) in [5.74, 6) is -1.56. The minimum atomic E-state index is -1.11. The van der Waals surface area contributed by atoms with E-state index in [0.717, 1.165) is 0 Å². The molecule has 0 fully saturated rings. The van der Waals surface area contributed by atoms with Gasteiger partial charge in [-0.05, 0) is 12.5 Å². The number of carbonyl (C=O) groups is 2. The molecule has 6 nitrogen and oxygen atoms in total. The van der Waals surface area contributed by atoms with E-state index in [0.29, 0.717) is 16.8 Å². The molecule has 1 aromatic carbocycles. The van der Waals surface area contributed by atoms with Crippen LogP contribution >= 0.6 is 0 Å². The molecule has 0 radical (unpaired) electrons. The lowest BCUT2D eigenvalue weighted by molar-refractivity contribution is -0.139. The van der Waals surface area contributed by atoms with Gasteiger partial charge in [-0.15, -0.1) is 0 Å². The maximum Gasteiger partial charge on any atom is 0.330 e. The van der Waals surface area contributed by atoms with Crippen molar-refractivity contribution in [2.24, 2.45) is 7.05 Å². The number of carboxylic acids is 1. The van der Waals surface area contributed by atoms with Gasteiger partial charge in [-0.1, -0.05) is 30.3 Å². The van der Waals surface area contributed by atoms with Gasteiger partial charge in [0.2, 0.25) is 0 Å². The lowest BCUT2D eigenvalue weighted by Crippen LogP contribution is -2.33. The fraction of sp³-hybridized carbons (Fsp3) is 0.214. The van der Waals surface area contributed by atoms with Crippen LogP contribution in [0.15, 0.2) is 36.5 Å². The van der Waals surface area contributed by atoms with E-state index < -0.39 is 17.9 Å². The number of aromatic nitrogens is 2. The topological polar surface area (TPSA) is 84.2 Å². The lowest BCUT2D eigenvalue weighted by atomic mass is 10.1. The van der Waals surface area contributed by atoms with Gasteiger partial charge < -0.3 is 10.4 Å². The summed E-state index contributed by atoms with van der Waals surface area (Å²) in [6, 6.07) is 7.49. The number of carbonyl (C=O) groups excluding carboxylic acids is 1. The molecule has 0 aliphatic carbocycles. The molecule has 2 rings (SSSR count). The molecule has 0 aliphatic heterocycles. The number of hydrogen-bond acceptors (Lipinski definition) is 3. The highest BCUT2D eigenvalue weighted by Crippen LogP contribution is 2.14. The molecule has 1 amide bonds. The van der Waals surface area contributed by atoms with Gasteiger partial charge in [0.05, 0.1) is 11.8 Å². The van der Waals surface area contributed by atoms with Crippen molar-refractivity contribution in [3.63, 3.8) is 0 Å². The van der Waals surface area contributed by atoms with E-state index in [1.165, 1.54) is 6.20 Å². The van der Waals surface area contributed by atoms with Gasteiger partial charge in [0.1, 0.15) is 0 Å². The zero-order valence-corrected chi connectivity index (χ0v) is 11.2. The van der Waals surface area contributed by atoms with Crippen molar-refractivity contribution in [3.05, 3.63) is 53.3 Å². The first-order valence-corrected chi connectivity index (χ1v) is 6.08. The number of carboxylic acid groups (broad SMARTS) is 1. The number of rotatable bonds is 4. The van der Waals surface area contributed by atoms with E-state index in [9.17, 15) is 14.7 Å². The molecule has 2 N–H and O–H groups in total. The summed E-state index contributed by atoms with van der Waals surface area (Å²) in [4.78, 5) is 23.5. The maximum atomic E-state index is 12.1. The van der Waals surface area contributed by atoms with Gasteiger partial charge >= 0.3 is 5.97 Å². The molecule has 0 saturated heterocycles. The van der Waals surface area contributed by atoms with Crippen molar-refractivity contribution in [2.75, 3.05) is 0 Å². The number of benzene rings is 1. The minimum Gasteiger partial charge on any atom is -0.479 e. The minimum absolute atomic E-state index is 0.370. The summed E-state index contributed by atoms with van der Waals surface area (Å²) in [5.41, 5.74) is 1.57. The normalized spacial score (nSPS) is 11.9. The number of amides is 1. The fourth-order valence-electron chi connectivity index (χ4n) is 1.86. The van der Waals surface area contributed by atoms with Crippen LogP contribution in [0.5, 0.6) is 0 Å². The van der Waals surface area contributed by atoms with Crippen molar-refractivity contribution < 1.29 is 14.7 Å². The van der Waals surface area contributed by atoms with Crippen LogP contribution in [0.2, 0.25) is 0 Å². The molecule has 0 spiro atoms. The Kier molecular flexibility index (Phi) is 3.84. The molecule has 2 aromatic rings. The molecule has 1 aromatic heterocycles. The molecule has 1 atom stereocenters. The van der Waals surface area contributed by atoms with Crippen LogP contribution in [0.1, 0.15) is 27.7 Å². The Morgan fingerprint density at radius 2 is 1.95 bits per heavy atom. The third-order valence-electron chi connectivity index (χ3n) is 3.14. The van der Waals surface area contributed by atoms with E-state index in [1.54, 1.807) is 49.0 Å². The summed E-state index contributed by atoms with van der Waals surface area (Å²) < 4.78 is 1.56. The molecule has 104 valence electrons. The standard InChI is InChI=1S/C14H15N3O3/c1-9-11(8-15-17(9)2)13(18)16-12(14(19)20)10-6-4-3-5-7-10/h3-8,12H,1-2H3,(H,16,18)(H,19,20). The Morgan fingerprint density at radius 1 is 1.30 bits per heavy atom. The van der Waals surface area contributed by atoms with Gasteiger partial charge in [-0.2, -0.15) is 5.10 Å². The number of aryl methyl sites for hydroxylation is 1. The van der Waals surface area contributed by atoms with Gasteiger partial charge in [-0.25, -0.2) is 4.79 Å². The SMILES string of the molecule is Cc1c(C(=O)NC(C(=O)O)c2ccccc2)cnn1C. The van der Waals surface area contributed by atoms with E-state index >= 15 is 0 Å². The second kappa shape index (κ2) is 5.56. The Balaban J connectivity index is 2.24. The largest absolute Gasteiger partial charge is 0.479 e. The highest BCUT2D eigenvalue weighted by Gasteiger charge is 2.24. The monoisotopic (exact) mass is 273 g/mol. The van der Waals surface area contributed by atoms with Crippen LogP contribution in [0, 0.1) is 6.92 Å². The lowest BCUT2D eigenvalue weighted by Gasteiger charge is -2.14. The summed E-state index contributed by atoms with van der Waals surface area (Å²) in [6.45, 7) is 1.75. The summed E-state index contributed by atoms with van der Waals surface area (Å²) in [5, 5.41) is 15.7. The predicted molar refractivity (Wildman–Crippen MR) is 72.2 cm³/mol. The van der Waals surface area contributed by atoms with Crippen LogP contribution in [0.3, 0.4) is 0 Å². The fourth-order valence-corrected chi connectivity index (χ4v) is 1.86.